The summed E-state index contributed by atoms with van der Waals surface area (Å²) in [6.45, 7) is 15.9. The van der Waals surface area contributed by atoms with E-state index in [1.807, 2.05) is 0 Å². The summed E-state index contributed by atoms with van der Waals surface area (Å²) in [5.74, 6) is 1.25. The maximum Gasteiger partial charge on any atom is -0.000545 e. The highest BCUT2D eigenvalue weighted by molar-refractivity contribution is 5.37. The summed E-state index contributed by atoms with van der Waals surface area (Å²) < 4.78 is 0. The number of piperidine rings is 1. The third-order valence-corrected chi connectivity index (χ3v) is 5.54. The Morgan fingerprint density at radius 2 is 1.87 bits per heavy atom. The number of benzene rings is 1. The summed E-state index contributed by atoms with van der Waals surface area (Å²) in [6.07, 6.45) is 3.85. The van der Waals surface area contributed by atoms with Gasteiger partial charge in [0.25, 0.3) is 0 Å². The zero-order chi connectivity index (χ0) is 17.0. The van der Waals surface area contributed by atoms with Gasteiger partial charge in [-0.05, 0) is 86.3 Å². The van der Waals surface area contributed by atoms with Crippen molar-refractivity contribution in [3.63, 3.8) is 0 Å². The molecule has 1 aromatic carbocycles. The molecule has 2 heteroatoms. The third kappa shape index (κ3) is 4.58. The van der Waals surface area contributed by atoms with Crippen molar-refractivity contribution in [1.82, 2.24) is 4.90 Å². The summed E-state index contributed by atoms with van der Waals surface area (Å²) in [6, 6.07) is 7.02. The van der Waals surface area contributed by atoms with Crippen LogP contribution < -0.4 is 5.73 Å². The minimum atomic E-state index is 0.200. The summed E-state index contributed by atoms with van der Waals surface area (Å²) in [4.78, 5) is 2.61. The Balaban J connectivity index is 2.18. The quantitative estimate of drug-likeness (QED) is 0.869. The van der Waals surface area contributed by atoms with Crippen LogP contribution in [0.2, 0.25) is 0 Å². The van der Waals surface area contributed by atoms with Crippen LogP contribution in [0.5, 0.6) is 0 Å². The smallest absolute Gasteiger partial charge is 0.000545 e. The first kappa shape index (κ1) is 18.5. The maximum absolute atomic E-state index is 6.24. The van der Waals surface area contributed by atoms with E-state index in [4.69, 9.17) is 5.73 Å². The Hall–Kier alpha value is -0.860. The van der Waals surface area contributed by atoms with Crippen molar-refractivity contribution in [2.45, 2.75) is 65.2 Å². The maximum atomic E-state index is 6.24. The number of nitrogens with zero attached hydrogens (tertiary/aromatic N) is 1. The van der Waals surface area contributed by atoms with Gasteiger partial charge < -0.3 is 10.6 Å². The fraction of sp³-hybridized carbons (Fsp3) is 0.714. The normalized spacial score (nSPS) is 19.0. The molecule has 1 aliphatic rings. The lowest BCUT2D eigenvalue weighted by Gasteiger charge is -2.36. The standard InChI is InChI=1S/C21H36N2/c1-6-11-23-12-9-17(10-13-23)20(15-22)19-14-18(21(3,4)5)8-7-16(19)2/h7-8,14,17,20H,6,9-13,15,22H2,1-5H3. The molecule has 2 N–H and O–H groups in total. The molecule has 2 nitrogen and oxygen atoms in total. The summed E-state index contributed by atoms with van der Waals surface area (Å²) in [5, 5.41) is 0. The van der Waals surface area contributed by atoms with Gasteiger partial charge in [-0.15, -0.1) is 0 Å². The van der Waals surface area contributed by atoms with E-state index < -0.39 is 0 Å². The monoisotopic (exact) mass is 316 g/mol. The first-order chi connectivity index (χ1) is 10.9. The molecule has 2 rings (SSSR count). The topological polar surface area (TPSA) is 29.3 Å². The van der Waals surface area contributed by atoms with E-state index in [9.17, 15) is 0 Å². The molecule has 1 aliphatic heterocycles. The molecule has 1 unspecified atom stereocenters. The van der Waals surface area contributed by atoms with Crippen LogP contribution in [0.1, 0.15) is 69.6 Å². The first-order valence-electron chi connectivity index (χ1n) is 9.40. The van der Waals surface area contributed by atoms with E-state index in [1.165, 1.54) is 55.6 Å². The van der Waals surface area contributed by atoms with Crippen LogP contribution in [0.3, 0.4) is 0 Å². The predicted molar refractivity (Wildman–Crippen MR) is 101 cm³/mol. The van der Waals surface area contributed by atoms with Crippen molar-refractivity contribution < 1.29 is 0 Å². The van der Waals surface area contributed by atoms with Crippen LogP contribution in [-0.4, -0.2) is 31.1 Å². The van der Waals surface area contributed by atoms with Gasteiger partial charge >= 0.3 is 0 Å². The largest absolute Gasteiger partial charge is 0.330 e. The Bertz CT molecular complexity index is 493. The van der Waals surface area contributed by atoms with Gasteiger partial charge in [-0.2, -0.15) is 0 Å². The second-order valence-corrected chi connectivity index (χ2v) is 8.34. The molecule has 1 fully saturated rings. The van der Waals surface area contributed by atoms with Gasteiger partial charge in [0.2, 0.25) is 0 Å². The van der Waals surface area contributed by atoms with Crippen LogP contribution in [0.25, 0.3) is 0 Å². The highest BCUT2D eigenvalue weighted by atomic mass is 15.1. The van der Waals surface area contributed by atoms with Crippen LogP contribution in [0.4, 0.5) is 0 Å². The van der Waals surface area contributed by atoms with Gasteiger partial charge in [-0.25, -0.2) is 0 Å². The van der Waals surface area contributed by atoms with E-state index in [1.54, 1.807) is 0 Å². The fourth-order valence-corrected chi connectivity index (χ4v) is 3.97. The highest BCUT2D eigenvalue weighted by Crippen LogP contribution is 2.35. The molecule has 0 saturated carbocycles. The van der Waals surface area contributed by atoms with E-state index in [-0.39, 0.29) is 5.41 Å². The van der Waals surface area contributed by atoms with Gasteiger partial charge in [-0.1, -0.05) is 45.9 Å². The van der Waals surface area contributed by atoms with Crippen LogP contribution in [0, 0.1) is 12.8 Å². The van der Waals surface area contributed by atoms with Gasteiger partial charge in [0.15, 0.2) is 0 Å². The Morgan fingerprint density at radius 3 is 2.39 bits per heavy atom. The van der Waals surface area contributed by atoms with Crippen molar-refractivity contribution in [3.05, 3.63) is 34.9 Å². The van der Waals surface area contributed by atoms with Crippen molar-refractivity contribution in [3.8, 4) is 0 Å². The summed E-state index contributed by atoms with van der Waals surface area (Å²) in [5.41, 5.74) is 10.8. The zero-order valence-corrected chi connectivity index (χ0v) is 15.9. The molecule has 0 radical (unpaired) electrons. The molecule has 0 aromatic heterocycles. The second-order valence-electron chi connectivity index (χ2n) is 8.34. The average molecular weight is 317 g/mol. The minimum absolute atomic E-state index is 0.200. The summed E-state index contributed by atoms with van der Waals surface area (Å²) >= 11 is 0. The molecule has 1 atom stereocenters. The number of hydrogen-bond donors (Lipinski definition) is 1. The Labute approximate surface area is 143 Å². The van der Waals surface area contributed by atoms with E-state index in [0.717, 1.165) is 12.5 Å². The number of hydrogen-bond acceptors (Lipinski definition) is 2. The number of nitrogens with two attached hydrogens (primary N) is 1. The van der Waals surface area contributed by atoms with E-state index in [2.05, 4.69) is 57.7 Å². The lowest BCUT2D eigenvalue weighted by atomic mass is 9.76. The lowest BCUT2D eigenvalue weighted by molar-refractivity contribution is 0.169. The lowest BCUT2D eigenvalue weighted by Crippen LogP contribution is -2.37. The second kappa shape index (κ2) is 7.81. The Morgan fingerprint density at radius 1 is 1.22 bits per heavy atom. The molecule has 1 heterocycles. The molecular formula is C21H36N2. The molecule has 1 aromatic rings. The third-order valence-electron chi connectivity index (χ3n) is 5.54. The number of likely N-dealkylation sites (tertiary alicyclic amines) is 1. The van der Waals surface area contributed by atoms with Crippen LogP contribution >= 0.6 is 0 Å². The van der Waals surface area contributed by atoms with Gasteiger partial charge in [0.1, 0.15) is 0 Å². The SMILES string of the molecule is CCCN1CCC(C(CN)c2cc(C(C)(C)C)ccc2C)CC1. The molecule has 0 bridgehead atoms. The highest BCUT2D eigenvalue weighted by Gasteiger charge is 2.28. The van der Waals surface area contributed by atoms with E-state index in [0.29, 0.717) is 5.92 Å². The zero-order valence-electron chi connectivity index (χ0n) is 15.9. The minimum Gasteiger partial charge on any atom is -0.330 e. The van der Waals surface area contributed by atoms with Gasteiger partial charge in [-0.3, -0.25) is 0 Å². The van der Waals surface area contributed by atoms with Crippen molar-refractivity contribution in [2.75, 3.05) is 26.2 Å². The number of rotatable bonds is 5. The number of aryl methyl sites for hydroxylation is 1. The average Bonchev–Trinajstić information content (AvgIpc) is 2.50. The van der Waals surface area contributed by atoms with Crippen molar-refractivity contribution in [1.29, 1.82) is 0 Å². The van der Waals surface area contributed by atoms with E-state index >= 15 is 0 Å². The predicted octanol–water partition coefficient (Wildman–Crippen LogP) is 4.46. The molecule has 1 saturated heterocycles. The molecular weight excluding hydrogens is 280 g/mol. The van der Waals surface area contributed by atoms with Gasteiger partial charge in [0, 0.05) is 0 Å². The summed E-state index contributed by atoms with van der Waals surface area (Å²) in [7, 11) is 0. The molecule has 130 valence electrons. The van der Waals surface area contributed by atoms with Crippen LogP contribution in [0.15, 0.2) is 18.2 Å². The van der Waals surface area contributed by atoms with Crippen molar-refractivity contribution in [2.24, 2.45) is 11.7 Å². The molecule has 0 spiro atoms. The van der Waals surface area contributed by atoms with Crippen LogP contribution in [-0.2, 0) is 5.41 Å². The molecule has 23 heavy (non-hydrogen) atoms. The Kier molecular flexibility index (Phi) is 6.27. The molecule has 0 aliphatic carbocycles. The first-order valence-corrected chi connectivity index (χ1v) is 9.40. The van der Waals surface area contributed by atoms with Crippen molar-refractivity contribution >= 4 is 0 Å². The van der Waals surface area contributed by atoms with Gasteiger partial charge in [0.05, 0.1) is 0 Å². The fourth-order valence-electron chi connectivity index (χ4n) is 3.97. The molecule has 0 amide bonds.